The molecule has 310 valence electrons. The van der Waals surface area contributed by atoms with Crippen molar-refractivity contribution in [3.8, 4) is 0 Å². The van der Waals surface area contributed by atoms with E-state index in [1.54, 1.807) is 0 Å². The van der Waals surface area contributed by atoms with Crippen LogP contribution in [0.2, 0.25) is 0 Å². The van der Waals surface area contributed by atoms with Crippen molar-refractivity contribution < 1.29 is 54.8 Å². The first kappa shape index (κ1) is 40.6. The smallest absolute Gasteiger partial charge is 0.310 e. The highest BCUT2D eigenvalue weighted by atomic mass is 16.7. The van der Waals surface area contributed by atoms with Crippen molar-refractivity contribution in [1.29, 1.82) is 0 Å². The molecule has 5 fully saturated rings. The van der Waals surface area contributed by atoms with E-state index in [0.29, 0.717) is 32.1 Å². The second-order valence-electron chi connectivity index (χ2n) is 20.2. The number of aliphatic hydroxyl groups is 6. The molecule has 1 saturated heterocycles. The van der Waals surface area contributed by atoms with E-state index >= 15 is 0 Å². The number of carbonyl (C=O) groups is 1. The third-order valence-corrected chi connectivity index (χ3v) is 17.6. The van der Waals surface area contributed by atoms with E-state index in [9.17, 15) is 40.5 Å². The van der Waals surface area contributed by atoms with Crippen molar-refractivity contribution in [2.24, 2.45) is 68.0 Å². The molecule has 1 heterocycles. The van der Waals surface area contributed by atoms with Crippen LogP contribution in [0.25, 0.3) is 0 Å². The Morgan fingerprint density at radius 2 is 1.64 bits per heavy atom. The number of rotatable bonds is 9. The zero-order valence-corrected chi connectivity index (χ0v) is 33.6. The zero-order chi connectivity index (χ0) is 40.2. The normalized spacial score (nSPS) is 51.9. The van der Waals surface area contributed by atoms with Crippen LogP contribution in [-0.4, -0.2) is 105 Å². The number of benzene rings is 1. The van der Waals surface area contributed by atoms with Crippen LogP contribution in [0, 0.1) is 68.0 Å². The van der Waals surface area contributed by atoms with Gasteiger partial charge in [-0.2, -0.15) is 0 Å². The van der Waals surface area contributed by atoms with Crippen LogP contribution in [0.4, 0.5) is 0 Å². The van der Waals surface area contributed by atoms with Gasteiger partial charge < -0.3 is 50.0 Å². The molecule has 0 aromatic heterocycles. The van der Waals surface area contributed by atoms with E-state index < -0.39 is 75.8 Å². The Morgan fingerprint density at radius 3 is 2.30 bits per heavy atom. The van der Waals surface area contributed by atoms with Crippen LogP contribution in [0.3, 0.4) is 0 Å². The molecular formula is C45H64O11. The number of ether oxygens (including phenoxy) is 3. The first-order valence-electron chi connectivity index (χ1n) is 20.9. The molecule has 0 amide bonds. The molecule has 11 nitrogen and oxygen atoms in total. The molecular weight excluding hydrogens is 716 g/mol. The van der Waals surface area contributed by atoms with Gasteiger partial charge in [-0.25, -0.2) is 0 Å². The third kappa shape index (κ3) is 5.44. The van der Waals surface area contributed by atoms with E-state index in [2.05, 4.69) is 52.8 Å². The summed E-state index contributed by atoms with van der Waals surface area (Å²) in [6.45, 7) is 10.8. The van der Waals surface area contributed by atoms with Gasteiger partial charge in [-0.15, -0.1) is 0 Å². The van der Waals surface area contributed by atoms with Crippen molar-refractivity contribution in [2.45, 2.75) is 117 Å². The molecule has 8 rings (SSSR count). The van der Waals surface area contributed by atoms with Gasteiger partial charge in [0.2, 0.25) is 0 Å². The van der Waals surface area contributed by atoms with E-state index in [4.69, 9.17) is 14.2 Å². The highest BCUT2D eigenvalue weighted by Crippen LogP contribution is 2.79. The summed E-state index contributed by atoms with van der Waals surface area (Å²) in [4.78, 5) is 13.5. The van der Waals surface area contributed by atoms with Crippen molar-refractivity contribution in [2.75, 3.05) is 26.4 Å². The van der Waals surface area contributed by atoms with Crippen LogP contribution in [0.15, 0.2) is 54.1 Å². The zero-order valence-electron chi connectivity index (χ0n) is 33.6. The Labute approximate surface area is 330 Å². The molecule has 4 saturated carbocycles. The molecule has 6 aliphatic carbocycles. The maximum atomic E-state index is 13.5. The minimum atomic E-state index is -1.51. The van der Waals surface area contributed by atoms with Crippen molar-refractivity contribution in [1.82, 2.24) is 0 Å². The summed E-state index contributed by atoms with van der Waals surface area (Å²) < 4.78 is 19.6. The van der Waals surface area contributed by atoms with E-state index in [-0.39, 0.29) is 68.0 Å². The Balaban J connectivity index is 1.25. The first-order chi connectivity index (χ1) is 26.5. The summed E-state index contributed by atoms with van der Waals surface area (Å²) in [5, 5.41) is 76.4. The Bertz CT molecular complexity index is 1720. The predicted octanol–water partition coefficient (Wildman–Crippen LogP) is 4.08. The van der Waals surface area contributed by atoms with Gasteiger partial charge in [0, 0.05) is 24.5 Å². The van der Waals surface area contributed by atoms with E-state index in [0.717, 1.165) is 12.0 Å². The third-order valence-electron chi connectivity index (χ3n) is 17.6. The number of carboxylic acid groups (broad SMARTS) is 1. The Kier molecular flexibility index (Phi) is 10.1. The summed E-state index contributed by atoms with van der Waals surface area (Å²) in [6.07, 6.45) is 3.70. The van der Waals surface area contributed by atoms with Crippen LogP contribution in [0.1, 0.15) is 78.7 Å². The number of aliphatic hydroxyl groups excluding tert-OH is 6. The van der Waals surface area contributed by atoms with Crippen LogP contribution >= 0.6 is 0 Å². The molecule has 18 unspecified atom stereocenters. The molecule has 7 N–H and O–H groups in total. The number of carboxylic acids is 1. The fraction of sp³-hybridized carbons (Fsp3) is 0.756. The molecule has 56 heavy (non-hydrogen) atoms. The van der Waals surface area contributed by atoms with Gasteiger partial charge in [0.15, 0.2) is 6.29 Å². The lowest BCUT2D eigenvalue weighted by atomic mass is 9.29. The number of hydrogen-bond donors (Lipinski definition) is 7. The maximum absolute atomic E-state index is 13.5. The summed E-state index contributed by atoms with van der Waals surface area (Å²) in [5.74, 6) is -1.82. The molecule has 1 aliphatic heterocycles. The highest BCUT2D eigenvalue weighted by Gasteiger charge is 2.76. The molecule has 1 aromatic rings. The fourth-order valence-corrected chi connectivity index (χ4v) is 14.6. The van der Waals surface area contributed by atoms with Gasteiger partial charge >= 0.3 is 5.97 Å². The van der Waals surface area contributed by atoms with Gasteiger partial charge in [-0.05, 0) is 95.3 Å². The molecule has 11 heteroatoms. The van der Waals surface area contributed by atoms with Gasteiger partial charge in [0.05, 0.1) is 37.4 Å². The molecule has 0 radical (unpaired) electrons. The predicted molar refractivity (Wildman–Crippen MR) is 205 cm³/mol. The van der Waals surface area contributed by atoms with Gasteiger partial charge in [-0.3, -0.25) is 4.79 Å². The molecule has 0 spiro atoms. The number of allylic oxidation sites excluding steroid dienone is 3. The van der Waals surface area contributed by atoms with E-state index in [1.165, 1.54) is 5.57 Å². The molecule has 7 aliphatic rings. The lowest BCUT2D eigenvalue weighted by molar-refractivity contribution is -0.346. The Morgan fingerprint density at radius 1 is 0.911 bits per heavy atom. The second kappa shape index (κ2) is 13.9. The quantitative estimate of drug-likeness (QED) is 0.142. The number of hydrogen-bond acceptors (Lipinski definition) is 10. The molecule has 4 bridgehead atoms. The summed E-state index contributed by atoms with van der Waals surface area (Å²) in [6, 6.07) is 9.89. The molecule has 18 atom stereocenters. The van der Waals surface area contributed by atoms with Crippen LogP contribution < -0.4 is 0 Å². The van der Waals surface area contributed by atoms with Gasteiger partial charge in [0.25, 0.3) is 0 Å². The second-order valence-corrected chi connectivity index (χ2v) is 20.2. The lowest BCUT2D eigenvalue weighted by Crippen LogP contribution is -2.75. The topological polar surface area (TPSA) is 186 Å². The van der Waals surface area contributed by atoms with Crippen molar-refractivity contribution in [3.05, 3.63) is 59.7 Å². The Hall–Kier alpha value is -2.19. The largest absolute Gasteiger partial charge is 0.481 e. The SMILES string of the molecule is CC1(CO)CCC2(C(=O)O)C(CO)CC3(C)C(=CCC4C5(C)C6C=CC(CC43C)C5C(C)(CO)C(OC3OCC(O)C(O)C3O)C6OCc3ccccc3)C2C1. The maximum Gasteiger partial charge on any atom is 0.310 e. The number of aliphatic carboxylic acids is 1. The van der Waals surface area contributed by atoms with Crippen molar-refractivity contribution >= 4 is 5.97 Å². The van der Waals surface area contributed by atoms with Gasteiger partial charge in [0.1, 0.15) is 18.3 Å². The standard InChI is InChI=1S/C45H64O11/c1-40(23-47)15-16-45(39(52)53)27(20-46)18-42(3)28(30(45)19-40)13-14-32-43(42,4)17-26-11-12-29-35(54-21-25-9-7-6-8-10-25)37(41(2,24-48)36(26)44(29,32)5)56-38-34(51)33(50)31(49)22-55-38/h6-13,26-27,29-38,46-51H,14-24H2,1-5H3,(H,52,53). The monoisotopic (exact) mass is 780 g/mol. The van der Waals surface area contributed by atoms with Crippen molar-refractivity contribution in [3.63, 3.8) is 0 Å². The first-order valence-corrected chi connectivity index (χ1v) is 20.9. The average Bonchev–Trinajstić information content (AvgIpc) is 3.17. The minimum absolute atomic E-state index is 0.00408. The minimum Gasteiger partial charge on any atom is -0.481 e. The van der Waals surface area contributed by atoms with Crippen LogP contribution in [0.5, 0.6) is 0 Å². The number of fused-ring (bicyclic) bond motifs is 5. The fourth-order valence-electron chi connectivity index (χ4n) is 14.6. The summed E-state index contributed by atoms with van der Waals surface area (Å²) in [5.41, 5.74) is -1.51. The van der Waals surface area contributed by atoms with Crippen LogP contribution in [-0.2, 0) is 25.6 Å². The summed E-state index contributed by atoms with van der Waals surface area (Å²) >= 11 is 0. The van der Waals surface area contributed by atoms with E-state index in [1.807, 2.05) is 30.3 Å². The molecule has 1 aromatic carbocycles. The average molecular weight is 781 g/mol. The summed E-state index contributed by atoms with van der Waals surface area (Å²) in [7, 11) is 0. The highest BCUT2D eigenvalue weighted by molar-refractivity contribution is 5.77. The van der Waals surface area contributed by atoms with Gasteiger partial charge in [-0.1, -0.05) is 88.8 Å². The lowest BCUT2D eigenvalue weighted by Gasteiger charge is -2.76.